The summed E-state index contributed by atoms with van der Waals surface area (Å²) < 4.78 is 25.5. The van der Waals surface area contributed by atoms with E-state index >= 15 is 0 Å². The van der Waals surface area contributed by atoms with Gasteiger partial charge < -0.3 is 5.32 Å². The van der Waals surface area contributed by atoms with E-state index in [1.54, 1.807) is 24.3 Å². The first kappa shape index (κ1) is 13.1. The van der Waals surface area contributed by atoms with Crippen molar-refractivity contribution < 1.29 is 13.6 Å². The second-order valence-corrected chi connectivity index (χ2v) is 4.35. The molecule has 88 valence electrons. The van der Waals surface area contributed by atoms with Gasteiger partial charge in [-0.3, -0.25) is 4.79 Å². The first-order chi connectivity index (χ1) is 7.49. The molecule has 0 saturated heterocycles. The molecule has 0 bridgehead atoms. The van der Waals surface area contributed by atoms with Crippen LogP contribution in [0.3, 0.4) is 0 Å². The van der Waals surface area contributed by atoms with Crippen LogP contribution < -0.4 is 5.32 Å². The first-order valence-electron chi connectivity index (χ1n) is 4.79. The maximum absolute atomic E-state index is 12.4. The second kappa shape index (κ2) is 5.94. The van der Waals surface area contributed by atoms with Crippen molar-refractivity contribution >= 4 is 21.8 Å². The van der Waals surface area contributed by atoms with Crippen LogP contribution in [0.5, 0.6) is 0 Å². The maximum Gasteiger partial charge on any atom is 0.240 e. The molecular weight excluding hydrogens is 280 g/mol. The molecule has 1 unspecified atom stereocenters. The molecule has 5 heteroatoms. The fraction of sp³-hybridized carbons (Fsp3) is 0.364. The van der Waals surface area contributed by atoms with Crippen LogP contribution in [-0.4, -0.2) is 12.3 Å². The molecule has 0 saturated carbocycles. The van der Waals surface area contributed by atoms with Gasteiger partial charge in [0, 0.05) is 17.8 Å². The van der Waals surface area contributed by atoms with Crippen LogP contribution in [0.4, 0.5) is 8.78 Å². The molecule has 1 rings (SSSR count). The number of amides is 1. The van der Waals surface area contributed by atoms with E-state index in [2.05, 4.69) is 21.2 Å². The van der Waals surface area contributed by atoms with Crippen LogP contribution in [0.25, 0.3) is 0 Å². The largest absolute Gasteiger partial charge is 0.349 e. The lowest BCUT2D eigenvalue weighted by molar-refractivity contribution is -0.119. The molecule has 1 aromatic rings. The van der Waals surface area contributed by atoms with Gasteiger partial charge in [-0.15, -0.1) is 0 Å². The molecule has 16 heavy (non-hydrogen) atoms. The van der Waals surface area contributed by atoms with Gasteiger partial charge in [-0.05, 0) is 17.7 Å². The van der Waals surface area contributed by atoms with Gasteiger partial charge in [-0.1, -0.05) is 28.1 Å². The molecule has 2 nitrogen and oxygen atoms in total. The monoisotopic (exact) mass is 291 g/mol. The van der Waals surface area contributed by atoms with Crippen LogP contribution in [0, 0.1) is 0 Å². The highest BCUT2D eigenvalue weighted by Crippen LogP contribution is 2.23. The summed E-state index contributed by atoms with van der Waals surface area (Å²) in [4.78, 5) is 10.9. The smallest absolute Gasteiger partial charge is 0.240 e. The van der Waals surface area contributed by atoms with Crippen molar-refractivity contribution in [3.8, 4) is 0 Å². The van der Waals surface area contributed by atoms with Crippen molar-refractivity contribution in [2.75, 3.05) is 0 Å². The highest BCUT2D eigenvalue weighted by Gasteiger charge is 2.18. The minimum Gasteiger partial charge on any atom is -0.349 e. The van der Waals surface area contributed by atoms with Gasteiger partial charge in [-0.2, -0.15) is 0 Å². The summed E-state index contributed by atoms with van der Waals surface area (Å²) in [6, 6.07) is 6.35. The van der Waals surface area contributed by atoms with Gasteiger partial charge in [0.2, 0.25) is 12.3 Å². The molecule has 0 aliphatic heterocycles. The van der Waals surface area contributed by atoms with Crippen molar-refractivity contribution in [2.45, 2.75) is 25.8 Å². The van der Waals surface area contributed by atoms with E-state index in [1.165, 1.54) is 6.92 Å². The van der Waals surface area contributed by atoms with Crippen LogP contribution in [-0.2, 0) is 4.79 Å². The number of benzene rings is 1. The van der Waals surface area contributed by atoms with Crippen molar-refractivity contribution in [3.05, 3.63) is 34.3 Å². The summed E-state index contributed by atoms with van der Waals surface area (Å²) in [5, 5.41) is 2.51. The van der Waals surface area contributed by atoms with Gasteiger partial charge in [0.1, 0.15) is 0 Å². The number of nitrogens with one attached hydrogen (secondary N) is 1. The molecular formula is C11H12BrF2NO. The molecule has 0 aliphatic carbocycles. The molecule has 0 radical (unpaired) electrons. The normalized spacial score (nSPS) is 12.6. The summed E-state index contributed by atoms with van der Waals surface area (Å²) in [7, 11) is 0. The van der Waals surface area contributed by atoms with Crippen molar-refractivity contribution in [1.29, 1.82) is 0 Å². The Labute approximate surface area is 101 Å². The first-order valence-corrected chi connectivity index (χ1v) is 5.59. The SMILES string of the molecule is CC(=O)NC(CC(F)F)c1cccc(Br)c1. The van der Waals surface area contributed by atoms with E-state index < -0.39 is 12.5 Å². The van der Waals surface area contributed by atoms with Gasteiger partial charge in [0.15, 0.2) is 0 Å². The minimum atomic E-state index is -2.45. The summed E-state index contributed by atoms with van der Waals surface area (Å²) in [5.74, 6) is -0.314. The number of rotatable bonds is 4. The molecule has 1 atom stereocenters. The Bertz CT molecular complexity index is 371. The van der Waals surface area contributed by atoms with Crippen molar-refractivity contribution in [3.63, 3.8) is 0 Å². The van der Waals surface area contributed by atoms with Crippen LogP contribution >= 0.6 is 15.9 Å². The molecule has 0 spiro atoms. The number of hydrogen-bond donors (Lipinski definition) is 1. The van der Waals surface area contributed by atoms with Crippen LogP contribution in [0.2, 0.25) is 0 Å². The Kier molecular flexibility index (Phi) is 4.86. The fourth-order valence-electron chi connectivity index (χ4n) is 1.43. The standard InChI is InChI=1S/C11H12BrF2NO/c1-7(16)15-10(6-11(13)14)8-3-2-4-9(12)5-8/h2-5,10-11H,6H2,1H3,(H,15,16). The van der Waals surface area contributed by atoms with E-state index in [4.69, 9.17) is 0 Å². The fourth-order valence-corrected chi connectivity index (χ4v) is 1.84. The van der Waals surface area contributed by atoms with Crippen molar-refractivity contribution in [1.82, 2.24) is 5.32 Å². The lowest BCUT2D eigenvalue weighted by atomic mass is 10.0. The molecule has 0 aromatic heterocycles. The predicted molar refractivity (Wildman–Crippen MR) is 61.3 cm³/mol. The molecule has 1 aromatic carbocycles. The van der Waals surface area contributed by atoms with E-state index in [-0.39, 0.29) is 12.3 Å². The third-order valence-electron chi connectivity index (χ3n) is 2.04. The Morgan fingerprint density at radius 1 is 1.50 bits per heavy atom. The second-order valence-electron chi connectivity index (χ2n) is 3.43. The number of carbonyl (C=O) groups excluding carboxylic acids is 1. The number of hydrogen-bond acceptors (Lipinski definition) is 1. The summed E-state index contributed by atoms with van der Waals surface area (Å²) in [6.45, 7) is 1.32. The number of halogens is 3. The van der Waals surface area contributed by atoms with Gasteiger partial charge >= 0.3 is 0 Å². The zero-order valence-corrected chi connectivity index (χ0v) is 10.3. The molecule has 1 amide bonds. The third-order valence-corrected chi connectivity index (χ3v) is 2.54. The Balaban J connectivity index is 2.86. The number of carbonyl (C=O) groups is 1. The van der Waals surface area contributed by atoms with Gasteiger partial charge in [0.05, 0.1) is 6.04 Å². The maximum atomic E-state index is 12.4. The number of alkyl halides is 2. The topological polar surface area (TPSA) is 29.1 Å². The quantitative estimate of drug-likeness (QED) is 0.906. The van der Waals surface area contributed by atoms with E-state index in [1.807, 2.05) is 0 Å². The Morgan fingerprint density at radius 2 is 2.19 bits per heavy atom. The van der Waals surface area contributed by atoms with Crippen LogP contribution in [0.1, 0.15) is 24.9 Å². The highest BCUT2D eigenvalue weighted by atomic mass is 79.9. The molecule has 0 aliphatic rings. The third kappa shape index (κ3) is 4.26. The van der Waals surface area contributed by atoms with Gasteiger partial charge in [0.25, 0.3) is 0 Å². The summed E-state index contributed by atoms with van der Waals surface area (Å²) >= 11 is 3.26. The molecule has 0 fully saturated rings. The molecule has 1 N–H and O–H groups in total. The lowest BCUT2D eigenvalue weighted by Crippen LogP contribution is -2.27. The van der Waals surface area contributed by atoms with Gasteiger partial charge in [-0.25, -0.2) is 8.78 Å². The van der Waals surface area contributed by atoms with E-state index in [9.17, 15) is 13.6 Å². The van der Waals surface area contributed by atoms with E-state index in [0.717, 1.165) is 4.47 Å². The van der Waals surface area contributed by atoms with Crippen molar-refractivity contribution in [2.24, 2.45) is 0 Å². The Morgan fingerprint density at radius 3 is 2.69 bits per heavy atom. The summed E-state index contributed by atoms with van der Waals surface area (Å²) in [5.41, 5.74) is 0.671. The zero-order chi connectivity index (χ0) is 12.1. The Hall–Kier alpha value is -0.970. The summed E-state index contributed by atoms with van der Waals surface area (Å²) in [6.07, 6.45) is -2.83. The average molecular weight is 292 g/mol. The average Bonchev–Trinajstić information content (AvgIpc) is 2.15. The van der Waals surface area contributed by atoms with E-state index in [0.29, 0.717) is 5.56 Å². The van der Waals surface area contributed by atoms with Crippen LogP contribution in [0.15, 0.2) is 28.7 Å². The minimum absolute atomic E-state index is 0.314. The highest BCUT2D eigenvalue weighted by molar-refractivity contribution is 9.10. The zero-order valence-electron chi connectivity index (χ0n) is 8.71. The predicted octanol–water partition coefficient (Wildman–Crippen LogP) is 3.28. The lowest BCUT2D eigenvalue weighted by Gasteiger charge is -2.18. The molecule has 0 heterocycles.